The lowest BCUT2D eigenvalue weighted by molar-refractivity contribution is -0.116. The number of hydrogen-bond acceptors (Lipinski definition) is 2. The Morgan fingerprint density at radius 1 is 1.45 bits per heavy atom. The van der Waals surface area contributed by atoms with Gasteiger partial charge in [0.1, 0.15) is 0 Å². The minimum absolute atomic E-state index is 0.114. The van der Waals surface area contributed by atoms with Gasteiger partial charge in [0, 0.05) is 10.9 Å². The number of hydrogen-bond donors (Lipinski definition) is 2. The molecular formula is C16H23BrN2O. The molecule has 2 rings (SSSR count). The lowest BCUT2D eigenvalue weighted by Gasteiger charge is -2.22. The van der Waals surface area contributed by atoms with Gasteiger partial charge in [-0.2, -0.15) is 0 Å². The molecule has 1 aromatic rings. The zero-order valence-corrected chi connectivity index (χ0v) is 13.8. The van der Waals surface area contributed by atoms with E-state index in [1.54, 1.807) is 0 Å². The highest BCUT2D eigenvalue weighted by Crippen LogP contribution is 2.28. The van der Waals surface area contributed by atoms with Crippen molar-refractivity contribution in [3.63, 3.8) is 0 Å². The van der Waals surface area contributed by atoms with Gasteiger partial charge in [-0.15, -0.1) is 0 Å². The number of carbonyl (C=O) groups excluding carboxylic acids is 1. The zero-order chi connectivity index (χ0) is 14.5. The molecule has 1 unspecified atom stereocenters. The average Bonchev–Trinajstić information content (AvgIpc) is 2.42. The standard InChI is InChI=1S/C16H23BrN2O/c1-11-8-12(2)16(14(17)9-11)19-15(20)6-5-13-4-3-7-18-10-13/h8-9,13,18H,3-7,10H2,1-2H3,(H,19,20). The summed E-state index contributed by atoms with van der Waals surface area (Å²) in [6.45, 7) is 6.26. The Hall–Kier alpha value is -0.870. The van der Waals surface area contributed by atoms with E-state index < -0.39 is 0 Å². The van der Waals surface area contributed by atoms with Gasteiger partial charge in [-0.1, -0.05) is 6.07 Å². The second-order valence-electron chi connectivity index (χ2n) is 5.74. The maximum Gasteiger partial charge on any atom is 0.224 e. The van der Waals surface area contributed by atoms with Gasteiger partial charge in [0.15, 0.2) is 0 Å². The van der Waals surface area contributed by atoms with Crippen molar-refractivity contribution in [3.8, 4) is 0 Å². The highest BCUT2D eigenvalue weighted by molar-refractivity contribution is 9.10. The van der Waals surface area contributed by atoms with Crippen molar-refractivity contribution in [1.29, 1.82) is 0 Å². The number of piperidine rings is 1. The zero-order valence-electron chi connectivity index (χ0n) is 12.3. The Labute approximate surface area is 129 Å². The summed E-state index contributed by atoms with van der Waals surface area (Å²) in [6.07, 6.45) is 4.05. The fraction of sp³-hybridized carbons (Fsp3) is 0.562. The van der Waals surface area contributed by atoms with Gasteiger partial charge in [0.25, 0.3) is 0 Å². The van der Waals surface area contributed by atoms with Crippen LogP contribution in [0, 0.1) is 19.8 Å². The number of amides is 1. The van der Waals surface area contributed by atoms with E-state index in [4.69, 9.17) is 0 Å². The third-order valence-electron chi connectivity index (χ3n) is 3.87. The van der Waals surface area contributed by atoms with Crippen molar-refractivity contribution in [2.24, 2.45) is 5.92 Å². The van der Waals surface area contributed by atoms with E-state index >= 15 is 0 Å². The number of anilines is 1. The van der Waals surface area contributed by atoms with Crippen molar-refractivity contribution in [1.82, 2.24) is 5.32 Å². The van der Waals surface area contributed by atoms with Gasteiger partial charge in [-0.25, -0.2) is 0 Å². The molecule has 1 atom stereocenters. The summed E-state index contributed by atoms with van der Waals surface area (Å²) in [5.41, 5.74) is 3.20. The van der Waals surface area contributed by atoms with Crippen LogP contribution in [0.2, 0.25) is 0 Å². The van der Waals surface area contributed by atoms with Crippen LogP contribution in [0.5, 0.6) is 0 Å². The van der Waals surface area contributed by atoms with Gasteiger partial charge in [-0.05, 0) is 85.2 Å². The Bertz CT molecular complexity index is 458. The SMILES string of the molecule is Cc1cc(C)c(NC(=O)CCC2CCCNC2)c(Br)c1. The molecule has 2 N–H and O–H groups in total. The van der Waals surface area contributed by atoms with Crippen molar-refractivity contribution in [2.45, 2.75) is 39.5 Å². The Kier molecular flexibility index (Phi) is 5.61. The number of aryl methyl sites for hydroxylation is 2. The number of benzene rings is 1. The Balaban J connectivity index is 1.88. The predicted octanol–water partition coefficient (Wildman–Crippen LogP) is 3.78. The molecule has 0 aliphatic carbocycles. The quantitative estimate of drug-likeness (QED) is 0.876. The van der Waals surface area contributed by atoms with Crippen molar-refractivity contribution < 1.29 is 4.79 Å². The normalized spacial score (nSPS) is 18.9. The van der Waals surface area contributed by atoms with Crippen molar-refractivity contribution in [3.05, 3.63) is 27.7 Å². The monoisotopic (exact) mass is 338 g/mol. The summed E-state index contributed by atoms with van der Waals surface area (Å²) in [4.78, 5) is 12.1. The van der Waals surface area contributed by atoms with Gasteiger partial charge in [0.05, 0.1) is 5.69 Å². The topological polar surface area (TPSA) is 41.1 Å². The Morgan fingerprint density at radius 3 is 2.90 bits per heavy atom. The second kappa shape index (κ2) is 7.23. The van der Waals surface area contributed by atoms with Crippen LogP contribution in [-0.2, 0) is 4.79 Å². The molecule has 3 nitrogen and oxygen atoms in total. The second-order valence-corrected chi connectivity index (χ2v) is 6.59. The third kappa shape index (κ3) is 4.32. The van der Waals surface area contributed by atoms with Crippen molar-refractivity contribution >= 4 is 27.5 Å². The first kappa shape index (κ1) is 15.5. The van der Waals surface area contributed by atoms with Crippen LogP contribution in [0.25, 0.3) is 0 Å². The maximum atomic E-state index is 12.1. The smallest absolute Gasteiger partial charge is 0.224 e. The lowest BCUT2D eigenvalue weighted by Crippen LogP contribution is -2.30. The lowest BCUT2D eigenvalue weighted by atomic mass is 9.94. The van der Waals surface area contributed by atoms with Crippen LogP contribution < -0.4 is 10.6 Å². The largest absolute Gasteiger partial charge is 0.325 e. The van der Waals surface area contributed by atoms with Gasteiger partial charge < -0.3 is 10.6 Å². The van der Waals surface area contributed by atoms with E-state index in [1.807, 2.05) is 13.0 Å². The molecule has 1 saturated heterocycles. The fourth-order valence-corrected chi connectivity index (χ4v) is 3.55. The van der Waals surface area contributed by atoms with Crippen LogP contribution in [-0.4, -0.2) is 19.0 Å². The summed E-state index contributed by atoms with van der Waals surface area (Å²) < 4.78 is 0.961. The van der Waals surface area contributed by atoms with E-state index in [9.17, 15) is 4.79 Å². The molecule has 4 heteroatoms. The van der Waals surface area contributed by atoms with Crippen LogP contribution in [0.4, 0.5) is 5.69 Å². The summed E-state index contributed by atoms with van der Waals surface area (Å²) in [5, 5.41) is 6.43. The third-order valence-corrected chi connectivity index (χ3v) is 4.50. The first-order valence-electron chi connectivity index (χ1n) is 7.33. The van der Waals surface area contributed by atoms with E-state index in [1.165, 1.54) is 18.4 Å². The molecular weight excluding hydrogens is 316 g/mol. The molecule has 1 amide bonds. The minimum Gasteiger partial charge on any atom is -0.325 e. The Morgan fingerprint density at radius 2 is 2.25 bits per heavy atom. The van der Waals surface area contributed by atoms with Gasteiger partial charge in [-0.3, -0.25) is 4.79 Å². The molecule has 0 radical (unpaired) electrons. The van der Waals surface area contributed by atoms with Crippen LogP contribution in [0.1, 0.15) is 36.8 Å². The molecule has 1 aliphatic heterocycles. The molecule has 1 fully saturated rings. The van der Waals surface area contributed by atoms with Crippen LogP contribution in [0.3, 0.4) is 0 Å². The summed E-state index contributed by atoms with van der Waals surface area (Å²) in [5.74, 6) is 0.764. The molecule has 1 heterocycles. The fourth-order valence-electron chi connectivity index (χ4n) is 2.78. The van der Waals surface area contributed by atoms with Gasteiger partial charge in [0.2, 0.25) is 5.91 Å². The van der Waals surface area contributed by atoms with Crippen LogP contribution >= 0.6 is 15.9 Å². The average molecular weight is 339 g/mol. The van der Waals surface area contributed by atoms with E-state index in [0.717, 1.165) is 35.2 Å². The highest BCUT2D eigenvalue weighted by Gasteiger charge is 2.15. The summed E-state index contributed by atoms with van der Waals surface area (Å²) in [6, 6.07) is 4.12. The predicted molar refractivity (Wildman–Crippen MR) is 87.1 cm³/mol. The molecule has 20 heavy (non-hydrogen) atoms. The molecule has 0 spiro atoms. The summed E-state index contributed by atoms with van der Waals surface area (Å²) >= 11 is 3.53. The van der Waals surface area contributed by atoms with E-state index in [2.05, 4.69) is 39.6 Å². The van der Waals surface area contributed by atoms with Crippen LogP contribution in [0.15, 0.2) is 16.6 Å². The molecule has 1 aliphatic rings. The number of carbonyl (C=O) groups is 1. The van der Waals surface area contributed by atoms with E-state index in [-0.39, 0.29) is 5.91 Å². The molecule has 110 valence electrons. The minimum atomic E-state index is 0.114. The highest BCUT2D eigenvalue weighted by atomic mass is 79.9. The number of nitrogens with one attached hydrogen (secondary N) is 2. The maximum absolute atomic E-state index is 12.1. The van der Waals surface area contributed by atoms with Gasteiger partial charge >= 0.3 is 0 Å². The molecule has 1 aromatic carbocycles. The first-order valence-corrected chi connectivity index (χ1v) is 8.13. The molecule has 0 bridgehead atoms. The molecule has 0 aromatic heterocycles. The van der Waals surface area contributed by atoms with E-state index in [0.29, 0.717) is 12.3 Å². The van der Waals surface area contributed by atoms with Crippen molar-refractivity contribution in [2.75, 3.05) is 18.4 Å². The molecule has 0 saturated carbocycles. The number of rotatable bonds is 4. The first-order chi connectivity index (χ1) is 9.56. The number of halogens is 1. The summed E-state index contributed by atoms with van der Waals surface area (Å²) in [7, 11) is 0.